The third-order valence-electron chi connectivity index (χ3n) is 1.97. The van der Waals surface area contributed by atoms with Crippen LogP contribution in [0.5, 0.6) is 0 Å². The van der Waals surface area contributed by atoms with Crippen LogP contribution in [-0.2, 0) is 20.5 Å². The Kier molecular flexibility index (Phi) is 5.69. The summed E-state index contributed by atoms with van der Waals surface area (Å²) in [6, 6.07) is 4.74. The molecule has 0 radical (unpaired) electrons. The van der Waals surface area contributed by atoms with Gasteiger partial charge in [-0.25, -0.2) is 13.1 Å². The molecule has 1 N–H and O–H groups in total. The van der Waals surface area contributed by atoms with Gasteiger partial charge in [0.25, 0.3) is 0 Å². The van der Waals surface area contributed by atoms with Gasteiger partial charge in [-0.3, -0.25) is 0 Å². The third kappa shape index (κ3) is 5.23. The van der Waals surface area contributed by atoms with E-state index in [-0.39, 0.29) is 12.3 Å². The molecule has 0 aliphatic heterocycles. The quantitative estimate of drug-likeness (QED) is 0.818. The summed E-state index contributed by atoms with van der Waals surface area (Å²) >= 11 is 11.5. The van der Waals surface area contributed by atoms with Crippen LogP contribution in [0.15, 0.2) is 18.2 Å². The summed E-state index contributed by atoms with van der Waals surface area (Å²) < 4.78 is 30.4. The average molecular weight is 298 g/mol. The van der Waals surface area contributed by atoms with Gasteiger partial charge in [0.1, 0.15) is 0 Å². The summed E-state index contributed by atoms with van der Waals surface area (Å²) in [6.07, 6.45) is 0. The fourth-order valence-electron chi connectivity index (χ4n) is 1.20. The SMILES string of the molecule is COCCNS(=O)(=O)Cc1ccc(Cl)c(Cl)c1. The predicted molar refractivity (Wildman–Crippen MR) is 69.0 cm³/mol. The van der Waals surface area contributed by atoms with Crippen LogP contribution in [-0.4, -0.2) is 28.7 Å². The van der Waals surface area contributed by atoms with Crippen molar-refractivity contribution in [3.8, 4) is 0 Å². The number of hydrogen-bond donors (Lipinski definition) is 1. The van der Waals surface area contributed by atoms with Crippen molar-refractivity contribution in [1.29, 1.82) is 0 Å². The van der Waals surface area contributed by atoms with Crippen LogP contribution in [0.3, 0.4) is 0 Å². The van der Waals surface area contributed by atoms with E-state index in [1.807, 2.05) is 0 Å². The molecule has 0 unspecified atom stereocenters. The second-order valence-electron chi connectivity index (χ2n) is 3.39. The molecule has 1 aromatic carbocycles. The summed E-state index contributed by atoms with van der Waals surface area (Å²) in [5.41, 5.74) is 0.587. The van der Waals surface area contributed by atoms with Gasteiger partial charge < -0.3 is 4.74 Å². The van der Waals surface area contributed by atoms with Crippen LogP contribution in [0.25, 0.3) is 0 Å². The highest BCUT2D eigenvalue weighted by atomic mass is 35.5. The Bertz CT molecular complexity index is 476. The van der Waals surface area contributed by atoms with Crippen molar-refractivity contribution in [2.24, 2.45) is 0 Å². The first-order chi connectivity index (χ1) is 7.94. The molecular weight excluding hydrogens is 285 g/mol. The summed E-state index contributed by atoms with van der Waals surface area (Å²) in [6.45, 7) is 0.584. The van der Waals surface area contributed by atoms with Gasteiger partial charge in [0, 0.05) is 13.7 Å². The smallest absolute Gasteiger partial charge is 0.215 e. The zero-order chi connectivity index (χ0) is 12.9. The van der Waals surface area contributed by atoms with Crippen LogP contribution < -0.4 is 4.72 Å². The Labute approximate surface area is 111 Å². The van der Waals surface area contributed by atoms with Crippen LogP contribution in [0.4, 0.5) is 0 Å². The van der Waals surface area contributed by atoms with Crippen LogP contribution in [0.2, 0.25) is 10.0 Å². The highest BCUT2D eigenvalue weighted by Gasteiger charge is 2.11. The number of sulfonamides is 1. The lowest BCUT2D eigenvalue weighted by Crippen LogP contribution is -2.28. The van der Waals surface area contributed by atoms with E-state index in [9.17, 15) is 8.42 Å². The third-order valence-corrected chi connectivity index (χ3v) is 4.07. The van der Waals surface area contributed by atoms with Crippen molar-refractivity contribution in [1.82, 2.24) is 4.72 Å². The van der Waals surface area contributed by atoms with Gasteiger partial charge in [-0.15, -0.1) is 0 Å². The van der Waals surface area contributed by atoms with Crippen LogP contribution >= 0.6 is 23.2 Å². The first kappa shape index (κ1) is 14.7. The number of methoxy groups -OCH3 is 1. The molecule has 96 valence electrons. The van der Waals surface area contributed by atoms with Crippen molar-refractivity contribution in [2.45, 2.75) is 5.75 Å². The van der Waals surface area contributed by atoms with E-state index in [1.165, 1.54) is 7.11 Å². The lowest BCUT2D eigenvalue weighted by molar-refractivity contribution is 0.204. The summed E-state index contributed by atoms with van der Waals surface area (Å²) in [4.78, 5) is 0. The Morgan fingerprint density at radius 1 is 1.29 bits per heavy atom. The van der Waals surface area contributed by atoms with Gasteiger partial charge in [0.15, 0.2) is 0 Å². The number of benzene rings is 1. The number of halogens is 2. The minimum atomic E-state index is -3.37. The van der Waals surface area contributed by atoms with Crippen LogP contribution in [0, 0.1) is 0 Å². The molecule has 0 aromatic heterocycles. The summed E-state index contributed by atoms with van der Waals surface area (Å²) in [7, 11) is -1.86. The Hall–Kier alpha value is -0.330. The molecule has 4 nitrogen and oxygen atoms in total. The molecule has 0 spiro atoms. The fraction of sp³-hybridized carbons (Fsp3) is 0.400. The average Bonchev–Trinajstić information content (AvgIpc) is 2.23. The Morgan fingerprint density at radius 2 is 2.00 bits per heavy atom. The first-order valence-electron chi connectivity index (χ1n) is 4.85. The lowest BCUT2D eigenvalue weighted by Gasteiger charge is -2.07. The van der Waals surface area contributed by atoms with E-state index in [0.29, 0.717) is 22.2 Å². The van der Waals surface area contributed by atoms with Gasteiger partial charge in [-0.1, -0.05) is 29.3 Å². The molecule has 1 rings (SSSR count). The summed E-state index contributed by atoms with van der Waals surface area (Å²) in [5, 5.41) is 0.747. The van der Waals surface area contributed by atoms with Crippen molar-refractivity contribution in [2.75, 3.05) is 20.3 Å². The fourth-order valence-corrected chi connectivity index (χ4v) is 2.63. The van der Waals surface area contributed by atoms with E-state index >= 15 is 0 Å². The normalized spacial score (nSPS) is 11.7. The topological polar surface area (TPSA) is 55.4 Å². The van der Waals surface area contributed by atoms with Crippen molar-refractivity contribution in [3.05, 3.63) is 33.8 Å². The van der Waals surface area contributed by atoms with E-state index < -0.39 is 10.0 Å². The standard InChI is InChI=1S/C10H13Cl2NO3S/c1-16-5-4-13-17(14,15)7-8-2-3-9(11)10(12)6-8/h2-3,6,13H,4-5,7H2,1H3. The number of nitrogens with one attached hydrogen (secondary N) is 1. The molecule has 0 saturated heterocycles. The van der Waals surface area contributed by atoms with Crippen molar-refractivity contribution >= 4 is 33.2 Å². The Morgan fingerprint density at radius 3 is 2.59 bits per heavy atom. The van der Waals surface area contributed by atoms with Crippen LogP contribution in [0.1, 0.15) is 5.56 Å². The second kappa shape index (κ2) is 6.56. The van der Waals surface area contributed by atoms with Gasteiger partial charge in [0.2, 0.25) is 10.0 Å². The zero-order valence-electron chi connectivity index (χ0n) is 9.24. The molecular formula is C10H13Cl2NO3S. The molecule has 0 aliphatic carbocycles. The minimum Gasteiger partial charge on any atom is -0.383 e. The zero-order valence-corrected chi connectivity index (χ0v) is 11.6. The molecule has 7 heteroatoms. The molecule has 0 bridgehead atoms. The highest BCUT2D eigenvalue weighted by Crippen LogP contribution is 2.23. The molecule has 0 atom stereocenters. The maximum absolute atomic E-state index is 11.6. The van der Waals surface area contributed by atoms with Gasteiger partial charge in [-0.05, 0) is 17.7 Å². The number of ether oxygens (including phenoxy) is 1. The number of hydrogen-bond acceptors (Lipinski definition) is 3. The molecule has 0 heterocycles. The predicted octanol–water partition coefficient (Wildman–Crippen LogP) is 2.06. The van der Waals surface area contributed by atoms with Crippen molar-refractivity contribution < 1.29 is 13.2 Å². The van der Waals surface area contributed by atoms with E-state index in [1.54, 1.807) is 18.2 Å². The lowest BCUT2D eigenvalue weighted by atomic mass is 10.2. The van der Waals surface area contributed by atoms with Gasteiger partial charge in [0.05, 0.1) is 22.4 Å². The maximum atomic E-state index is 11.6. The molecule has 17 heavy (non-hydrogen) atoms. The van der Waals surface area contributed by atoms with Crippen molar-refractivity contribution in [3.63, 3.8) is 0 Å². The Balaban J connectivity index is 2.66. The first-order valence-corrected chi connectivity index (χ1v) is 7.25. The van der Waals surface area contributed by atoms with Gasteiger partial charge in [-0.2, -0.15) is 0 Å². The van der Waals surface area contributed by atoms with Gasteiger partial charge >= 0.3 is 0 Å². The van der Waals surface area contributed by atoms with E-state index in [4.69, 9.17) is 27.9 Å². The molecule has 0 fully saturated rings. The largest absolute Gasteiger partial charge is 0.383 e. The molecule has 0 saturated carbocycles. The monoisotopic (exact) mass is 297 g/mol. The van der Waals surface area contributed by atoms with E-state index in [2.05, 4.69) is 4.72 Å². The molecule has 0 amide bonds. The second-order valence-corrected chi connectivity index (χ2v) is 6.02. The summed E-state index contributed by atoms with van der Waals surface area (Å²) in [5.74, 6) is -0.131. The number of rotatable bonds is 6. The minimum absolute atomic E-state index is 0.131. The highest BCUT2D eigenvalue weighted by molar-refractivity contribution is 7.88. The maximum Gasteiger partial charge on any atom is 0.215 e. The molecule has 1 aromatic rings. The molecule has 0 aliphatic rings. The van der Waals surface area contributed by atoms with E-state index in [0.717, 1.165) is 0 Å².